The van der Waals surface area contributed by atoms with Crippen LogP contribution in [0.3, 0.4) is 0 Å². The average Bonchev–Trinajstić information content (AvgIpc) is 2.95. The van der Waals surface area contributed by atoms with Crippen LogP contribution in [0.5, 0.6) is 0 Å². The fourth-order valence-electron chi connectivity index (χ4n) is 7.50. The Morgan fingerprint density at radius 3 is 1.25 bits per heavy atom. The van der Waals surface area contributed by atoms with Crippen molar-refractivity contribution in [1.29, 1.82) is 0 Å². The van der Waals surface area contributed by atoms with E-state index in [1.165, 1.54) is 97.0 Å². The van der Waals surface area contributed by atoms with Gasteiger partial charge >= 0.3 is 0 Å². The Morgan fingerprint density at radius 2 is 0.583 bits per heavy atom. The lowest BCUT2D eigenvalue weighted by molar-refractivity contribution is 1.79. The van der Waals surface area contributed by atoms with Gasteiger partial charge in [0.15, 0.2) is 0 Å². The van der Waals surface area contributed by atoms with Gasteiger partial charge in [0.1, 0.15) is 0 Å². The molecule has 0 radical (unpaired) electrons. The van der Waals surface area contributed by atoms with Crippen molar-refractivity contribution in [3.05, 3.63) is 109 Å². The topological polar surface area (TPSA) is 0 Å². The molecule has 36 heavy (non-hydrogen) atoms. The minimum absolute atomic E-state index is 1.30. The first kappa shape index (κ1) is 17.7. The highest BCUT2D eigenvalue weighted by molar-refractivity contribution is 6.51. The molecule has 162 valence electrons. The van der Waals surface area contributed by atoms with Crippen molar-refractivity contribution in [3.63, 3.8) is 0 Å². The van der Waals surface area contributed by atoms with Crippen molar-refractivity contribution in [1.82, 2.24) is 0 Å². The molecule has 0 bridgehead atoms. The maximum absolute atomic E-state index is 2.39. The van der Waals surface area contributed by atoms with Gasteiger partial charge in [0.2, 0.25) is 0 Å². The number of fused-ring (bicyclic) bond motifs is 8. The normalized spacial score (nSPS) is 13.0. The second kappa shape index (κ2) is 5.75. The molecular weight excluding hydrogens is 432 g/mol. The van der Waals surface area contributed by atoms with Gasteiger partial charge in [0.05, 0.1) is 0 Å². The Balaban J connectivity index is 1.70. The SMILES string of the molecule is c1ccc2c(c1)ccc1c3ccc4c5ccccc5c5ccc6ccc7ccc(c21)c1c7c6c5c4c31. The molecule has 0 aliphatic carbocycles. The molecule has 0 saturated carbocycles. The zero-order valence-corrected chi connectivity index (χ0v) is 19.4. The molecule has 0 atom stereocenters. The zero-order chi connectivity index (χ0) is 23.1. The molecule has 0 heteroatoms. The summed E-state index contributed by atoms with van der Waals surface area (Å²) in [7, 11) is 0. The van der Waals surface area contributed by atoms with Crippen LogP contribution in [0.4, 0.5) is 0 Å². The summed E-state index contributed by atoms with van der Waals surface area (Å²) in [6.07, 6.45) is 0. The highest BCUT2D eigenvalue weighted by Gasteiger charge is 2.24. The summed E-state index contributed by atoms with van der Waals surface area (Å²) >= 11 is 0. The second-order valence-corrected chi connectivity index (χ2v) is 10.4. The van der Waals surface area contributed by atoms with Gasteiger partial charge in [0, 0.05) is 0 Å². The second-order valence-electron chi connectivity index (χ2n) is 10.4. The maximum atomic E-state index is 2.39. The van der Waals surface area contributed by atoms with Gasteiger partial charge in [-0.25, -0.2) is 0 Å². The van der Waals surface area contributed by atoms with Crippen molar-refractivity contribution in [2.75, 3.05) is 0 Å². The molecule has 10 aromatic carbocycles. The molecule has 0 fully saturated rings. The molecule has 0 heterocycles. The van der Waals surface area contributed by atoms with Crippen molar-refractivity contribution in [3.8, 4) is 0 Å². The first-order valence-corrected chi connectivity index (χ1v) is 12.7. The predicted octanol–water partition coefficient (Wildman–Crippen LogP) is 10.4. The van der Waals surface area contributed by atoms with E-state index in [4.69, 9.17) is 0 Å². The third kappa shape index (κ3) is 1.80. The van der Waals surface area contributed by atoms with E-state index in [2.05, 4.69) is 109 Å². The summed E-state index contributed by atoms with van der Waals surface area (Å²) in [5.74, 6) is 0. The minimum atomic E-state index is 1.30. The summed E-state index contributed by atoms with van der Waals surface area (Å²) in [6, 6.07) is 41.2. The number of rotatable bonds is 0. The molecule has 0 N–H and O–H groups in total. The van der Waals surface area contributed by atoms with Gasteiger partial charge < -0.3 is 0 Å². The summed E-state index contributed by atoms with van der Waals surface area (Å²) in [5, 5.41) is 24.8. The quantitative estimate of drug-likeness (QED) is 0.159. The molecule has 0 unspecified atom stereocenters. The standard InChI is InChI=1S/C36H18/c1-2-6-22-19(5-1)11-14-27-28-18-17-26-24-8-4-3-7-23(24)25-15-12-20-9-10-21-13-16-29(32(22)27)36-31(21)30(20)33(25)34(26)35(28)36/h1-18H. The highest BCUT2D eigenvalue weighted by atomic mass is 14.3. The number of hydrogen-bond acceptors (Lipinski definition) is 0. The Morgan fingerprint density at radius 1 is 0.194 bits per heavy atom. The number of benzene rings is 10. The lowest BCUT2D eigenvalue weighted by Crippen LogP contribution is -1.95. The lowest BCUT2D eigenvalue weighted by Gasteiger charge is -2.23. The van der Waals surface area contributed by atoms with E-state index in [0.29, 0.717) is 0 Å². The molecular formula is C36H18. The van der Waals surface area contributed by atoms with Crippen LogP contribution in [0.25, 0.3) is 97.0 Å². The molecule has 0 aromatic heterocycles. The van der Waals surface area contributed by atoms with Crippen LogP contribution >= 0.6 is 0 Å². The monoisotopic (exact) mass is 450 g/mol. The zero-order valence-electron chi connectivity index (χ0n) is 19.4. The van der Waals surface area contributed by atoms with Crippen LogP contribution in [0.15, 0.2) is 109 Å². The van der Waals surface area contributed by atoms with E-state index in [1.54, 1.807) is 0 Å². The van der Waals surface area contributed by atoms with Gasteiger partial charge in [-0.1, -0.05) is 109 Å². The van der Waals surface area contributed by atoms with Crippen molar-refractivity contribution < 1.29 is 0 Å². The number of hydrogen-bond donors (Lipinski definition) is 0. The molecule has 10 rings (SSSR count). The van der Waals surface area contributed by atoms with E-state index < -0.39 is 0 Å². The highest BCUT2D eigenvalue weighted by Crippen LogP contribution is 2.52. The fourth-order valence-corrected chi connectivity index (χ4v) is 7.50. The Labute approximate surface area is 206 Å². The van der Waals surface area contributed by atoms with Crippen molar-refractivity contribution in [2.24, 2.45) is 0 Å². The van der Waals surface area contributed by atoms with E-state index in [9.17, 15) is 0 Å². The molecule has 0 aliphatic heterocycles. The summed E-state index contributed by atoms with van der Waals surface area (Å²) < 4.78 is 0. The van der Waals surface area contributed by atoms with Crippen LogP contribution in [0.1, 0.15) is 0 Å². The first-order valence-electron chi connectivity index (χ1n) is 12.7. The van der Waals surface area contributed by atoms with E-state index >= 15 is 0 Å². The summed E-state index contributed by atoms with van der Waals surface area (Å²) in [5.41, 5.74) is 0. The van der Waals surface area contributed by atoms with Crippen LogP contribution in [-0.2, 0) is 0 Å². The summed E-state index contributed by atoms with van der Waals surface area (Å²) in [4.78, 5) is 0. The smallest absolute Gasteiger partial charge is 0.000717 e. The van der Waals surface area contributed by atoms with Crippen LogP contribution in [0, 0.1) is 0 Å². The molecule has 0 saturated heterocycles. The minimum Gasteiger partial charge on any atom is -0.0616 e. The fraction of sp³-hybridized carbons (Fsp3) is 0. The van der Waals surface area contributed by atoms with Gasteiger partial charge in [-0.3, -0.25) is 0 Å². The third-order valence-electron chi connectivity index (χ3n) is 8.87. The van der Waals surface area contributed by atoms with Crippen LogP contribution in [-0.4, -0.2) is 0 Å². The Bertz CT molecular complexity index is 2510. The van der Waals surface area contributed by atoms with E-state index in [1.807, 2.05) is 0 Å². The average molecular weight is 451 g/mol. The van der Waals surface area contributed by atoms with E-state index in [0.717, 1.165) is 0 Å². The first-order chi connectivity index (χ1) is 17.9. The van der Waals surface area contributed by atoms with Crippen LogP contribution in [0.2, 0.25) is 0 Å². The Hall–Kier alpha value is -4.68. The van der Waals surface area contributed by atoms with Crippen molar-refractivity contribution in [2.45, 2.75) is 0 Å². The van der Waals surface area contributed by atoms with Gasteiger partial charge in [0.25, 0.3) is 0 Å². The predicted molar refractivity (Wildman–Crippen MR) is 158 cm³/mol. The van der Waals surface area contributed by atoms with Gasteiger partial charge in [-0.2, -0.15) is 0 Å². The van der Waals surface area contributed by atoms with Gasteiger partial charge in [-0.15, -0.1) is 0 Å². The van der Waals surface area contributed by atoms with Crippen molar-refractivity contribution >= 4 is 97.0 Å². The Kier molecular flexibility index (Phi) is 2.83. The maximum Gasteiger partial charge on any atom is -0.000717 e. The van der Waals surface area contributed by atoms with E-state index in [-0.39, 0.29) is 0 Å². The third-order valence-corrected chi connectivity index (χ3v) is 8.87. The lowest BCUT2D eigenvalue weighted by atomic mass is 9.79. The molecule has 0 aliphatic rings. The molecule has 0 nitrogen and oxygen atoms in total. The molecule has 10 aromatic rings. The largest absolute Gasteiger partial charge is 0.0616 e. The summed E-state index contributed by atoms with van der Waals surface area (Å²) in [6.45, 7) is 0. The molecule has 0 amide bonds. The van der Waals surface area contributed by atoms with Crippen LogP contribution < -0.4 is 0 Å². The van der Waals surface area contributed by atoms with Gasteiger partial charge in [-0.05, 0) is 97.0 Å². The molecule has 0 spiro atoms.